The number of nitrogens with one attached hydrogen (secondary N) is 2. The molecule has 0 aromatic heterocycles. The summed E-state index contributed by atoms with van der Waals surface area (Å²) >= 11 is 0. The standard InChI is InChI=1S/C14H22N2O3S/c1-2-9-20(17,18)14-5-3-12(4-6-14)16-10-13-11-19-8-7-15-13/h3-6,13,15-16H,2,7-11H2,1H3. The Morgan fingerprint density at radius 3 is 2.70 bits per heavy atom. The normalized spacial score (nSPS) is 19.8. The number of ether oxygens (including phenoxy) is 1. The Hall–Kier alpha value is -1.11. The third-order valence-corrected chi connectivity index (χ3v) is 5.17. The predicted molar refractivity (Wildman–Crippen MR) is 79.9 cm³/mol. The molecule has 0 amide bonds. The molecular weight excluding hydrogens is 276 g/mol. The zero-order chi connectivity index (χ0) is 14.4. The largest absolute Gasteiger partial charge is 0.383 e. The maximum Gasteiger partial charge on any atom is 0.178 e. The summed E-state index contributed by atoms with van der Waals surface area (Å²) in [5, 5.41) is 6.65. The van der Waals surface area contributed by atoms with Crippen LogP contribution in [-0.4, -0.2) is 46.5 Å². The van der Waals surface area contributed by atoms with Crippen molar-refractivity contribution in [3.63, 3.8) is 0 Å². The average Bonchev–Trinajstić information content (AvgIpc) is 2.47. The van der Waals surface area contributed by atoms with Crippen molar-refractivity contribution < 1.29 is 13.2 Å². The number of hydrogen-bond acceptors (Lipinski definition) is 5. The Kier molecular flexibility index (Phi) is 5.39. The molecule has 2 N–H and O–H groups in total. The van der Waals surface area contributed by atoms with E-state index in [1.165, 1.54) is 0 Å². The molecule has 1 unspecified atom stereocenters. The van der Waals surface area contributed by atoms with Gasteiger partial charge < -0.3 is 15.4 Å². The van der Waals surface area contributed by atoms with Gasteiger partial charge in [0.25, 0.3) is 0 Å². The van der Waals surface area contributed by atoms with E-state index >= 15 is 0 Å². The molecule has 0 spiro atoms. The second-order valence-corrected chi connectivity index (χ2v) is 7.06. The van der Waals surface area contributed by atoms with Crippen LogP contribution in [0.25, 0.3) is 0 Å². The smallest absolute Gasteiger partial charge is 0.178 e. The summed E-state index contributed by atoms with van der Waals surface area (Å²) in [6.07, 6.45) is 0.635. The van der Waals surface area contributed by atoms with E-state index in [1.54, 1.807) is 12.1 Å². The topological polar surface area (TPSA) is 67.4 Å². The van der Waals surface area contributed by atoms with E-state index in [4.69, 9.17) is 4.74 Å². The summed E-state index contributed by atoms with van der Waals surface area (Å²) in [5.41, 5.74) is 0.924. The fraction of sp³-hybridized carbons (Fsp3) is 0.571. The molecule has 0 bridgehead atoms. The van der Waals surface area contributed by atoms with Gasteiger partial charge >= 0.3 is 0 Å². The van der Waals surface area contributed by atoms with E-state index in [0.29, 0.717) is 24.0 Å². The highest BCUT2D eigenvalue weighted by atomic mass is 32.2. The molecule has 1 aromatic carbocycles. The van der Waals surface area contributed by atoms with Crippen LogP contribution in [0.5, 0.6) is 0 Å². The maximum atomic E-state index is 11.9. The molecule has 6 heteroatoms. The zero-order valence-corrected chi connectivity index (χ0v) is 12.6. The summed E-state index contributed by atoms with van der Waals surface area (Å²) in [6, 6.07) is 7.25. The van der Waals surface area contributed by atoms with Crippen molar-refractivity contribution in [3.05, 3.63) is 24.3 Å². The molecule has 112 valence electrons. The van der Waals surface area contributed by atoms with E-state index in [0.717, 1.165) is 25.4 Å². The summed E-state index contributed by atoms with van der Waals surface area (Å²) in [7, 11) is -3.12. The highest BCUT2D eigenvalue weighted by Crippen LogP contribution is 2.16. The van der Waals surface area contributed by atoms with Gasteiger partial charge in [-0.1, -0.05) is 6.92 Å². The van der Waals surface area contributed by atoms with Gasteiger partial charge in [0.2, 0.25) is 0 Å². The Bertz CT molecular complexity index is 508. The molecule has 5 nitrogen and oxygen atoms in total. The monoisotopic (exact) mass is 298 g/mol. The van der Waals surface area contributed by atoms with Crippen LogP contribution in [0.4, 0.5) is 5.69 Å². The van der Waals surface area contributed by atoms with Crippen LogP contribution in [0.3, 0.4) is 0 Å². The molecule has 0 radical (unpaired) electrons. The van der Waals surface area contributed by atoms with Gasteiger partial charge in [-0.15, -0.1) is 0 Å². The van der Waals surface area contributed by atoms with E-state index in [-0.39, 0.29) is 5.75 Å². The average molecular weight is 298 g/mol. The molecule has 0 aliphatic carbocycles. The van der Waals surface area contributed by atoms with E-state index < -0.39 is 9.84 Å². The van der Waals surface area contributed by atoms with E-state index in [2.05, 4.69) is 10.6 Å². The molecule has 1 aromatic rings. The van der Waals surface area contributed by atoms with Crippen molar-refractivity contribution in [2.45, 2.75) is 24.3 Å². The van der Waals surface area contributed by atoms with Crippen molar-refractivity contribution in [2.75, 3.05) is 37.4 Å². The number of anilines is 1. The number of rotatable bonds is 6. The fourth-order valence-corrected chi connectivity index (χ4v) is 3.48. The molecule has 1 heterocycles. The molecule has 1 saturated heterocycles. The van der Waals surface area contributed by atoms with Gasteiger partial charge in [-0.2, -0.15) is 0 Å². The summed E-state index contributed by atoms with van der Waals surface area (Å²) in [6.45, 7) is 4.98. The minimum Gasteiger partial charge on any atom is -0.383 e. The van der Waals surface area contributed by atoms with Gasteiger partial charge in [0.05, 0.1) is 23.9 Å². The molecular formula is C14H22N2O3S. The molecule has 0 saturated carbocycles. The van der Waals surface area contributed by atoms with Gasteiger partial charge in [-0.25, -0.2) is 8.42 Å². The first kappa shape index (κ1) is 15.3. The van der Waals surface area contributed by atoms with Crippen LogP contribution >= 0.6 is 0 Å². The minimum absolute atomic E-state index is 0.198. The third kappa shape index (κ3) is 4.19. The molecule has 1 aliphatic heterocycles. The number of morpholine rings is 1. The van der Waals surface area contributed by atoms with Crippen LogP contribution in [0.2, 0.25) is 0 Å². The highest BCUT2D eigenvalue weighted by Gasteiger charge is 2.14. The predicted octanol–water partition coefficient (Wildman–Crippen LogP) is 1.27. The molecule has 1 aliphatic rings. The van der Waals surface area contributed by atoms with Gasteiger partial charge in [0.1, 0.15) is 0 Å². The third-order valence-electron chi connectivity index (χ3n) is 3.24. The summed E-state index contributed by atoms with van der Waals surface area (Å²) in [4.78, 5) is 0.393. The minimum atomic E-state index is -3.12. The quantitative estimate of drug-likeness (QED) is 0.828. The van der Waals surface area contributed by atoms with E-state index in [1.807, 2.05) is 19.1 Å². The Morgan fingerprint density at radius 1 is 1.35 bits per heavy atom. The SMILES string of the molecule is CCCS(=O)(=O)c1ccc(NCC2COCCN2)cc1. The summed E-state index contributed by atoms with van der Waals surface area (Å²) in [5.74, 6) is 0.198. The van der Waals surface area contributed by atoms with Crippen LogP contribution in [0, 0.1) is 0 Å². The van der Waals surface area contributed by atoms with Gasteiger partial charge in [-0.05, 0) is 30.7 Å². The van der Waals surface area contributed by atoms with Crippen molar-refractivity contribution in [3.8, 4) is 0 Å². The fourth-order valence-electron chi connectivity index (χ4n) is 2.16. The lowest BCUT2D eigenvalue weighted by Crippen LogP contribution is -2.45. The Balaban J connectivity index is 1.91. The Labute approximate surface area is 120 Å². The molecule has 1 fully saturated rings. The number of sulfone groups is 1. The first-order chi connectivity index (χ1) is 9.62. The first-order valence-corrected chi connectivity index (χ1v) is 8.65. The first-order valence-electron chi connectivity index (χ1n) is 6.99. The van der Waals surface area contributed by atoms with E-state index in [9.17, 15) is 8.42 Å². The van der Waals surface area contributed by atoms with Gasteiger partial charge in [0.15, 0.2) is 9.84 Å². The van der Waals surface area contributed by atoms with Crippen LogP contribution < -0.4 is 10.6 Å². The Morgan fingerprint density at radius 2 is 2.10 bits per heavy atom. The van der Waals surface area contributed by atoms with Crippen molar-refractivity contribution in [2.24, 2.45) is 0 Å². The number of benzene rings is 1. The van der Waals surface area contributed by atoms with Crippen LogP contribution in [0.1, 0.15) is 13.3 Å². The zero-order valence-electron chi connectivity index (χ0n) is 11.8. The lowest BCUT2D eigenvalue weighted by atomic mass is 10.2. The second-order valence-electron chi connectivity index (χ2n) is 4.95. The summed E-state index contributed by atoms with van der Waals surface area (Å²) < 4.78 is 29.2. The molecule has 20 heavy (non-hydrogen) atoms. The molecule has 2 rings (SSSR count). The maximum absolute atomic E-state index is 11.9. The molecule has 1 atom stereocenters. The lowest BCUT2D eigenvalue weighted by molar-refractivity contribution is 0.0806. The number of hydrogen-bond donors (Lipinski definition) is 2. The van der Waals surface area contributed by atoms with Gasteiger partial charge in [-0.3, -0.25) is 0 Å². The van der Waals surface area contributed by atoms with Crippen molar-refractivity contribution in [1.29, 1.82) is 0 Å². The second kappa shape index (κ2) is 7.06. The highest BCUT2D eigenvalue weighted by molar-refractivity contribution is 7.91. The van der Waals surface area contributed by atoms with Crippen molar-refractivity contribution >= 4 is 15.5 Å². The van der Waals surface area contributed by atoms with Crippen molar-refractivity contribution in [1.82, 2.24) is 5.32 Å². The van der Waals surface area contributed by atoms with Crippen LogP contribution in [0.15, 0.2) is 29.2 Å². The van der Waals surface area contributed by atoms with Crippen LogP contribution in [-0.2, 0) is 14.6 Å². The van der Waals surface area contributed by atoms with Gasteiger partial charge in [0, 0.05) is 24.8 Å². The lowest BCUT2D eigenvalue weighted by Gasteiger charge is -2.24.